The van der Waals surface area contributed by atoms with E-state index in [0.29, 0.717) is 22.4 Å². The molecule has 36 heavy (non-hydrogen) atoms. The maximum absolute atomic E-state index is 13.4. The van der Waals surface area contributed by atoms with E-state index in [1.807, 2.05) is 0 Å². The molecule has 3 aromatic carbocycles. The third kappa shape index (κ3) is 5.18. The zero-order valence-corrected chi connectivity index (χ0v) is 19.6. The van der Waals surface area contributed by atoms with E-state index >= 15 is 0 Å². The van der Waals surface area contributed by atoms with Crippen LogP contribution in [0.3, 0.4) is 0 Å². The highest BCUT2D eigenvalue weighted by molar-refractivity contribution is 6.31. The third-order valence-corrected chi connectivity index (χ3v) is 6.01. The number of alkyl halides is 3. The second-order valence-electron chi connectivity index (χ2n) is 8.03. The van der Waals surface area contributed by atoms with E-state index in [9.17, 15) is 27.2 Å². The summed E-state index contributed by atoms with van der Waals surface area (Å²) >= 11 is 6.02. The molecule has 0 unspecified atom stereocenters. The van der Waals surface area contributed by atoms with E-state index in [2.05, 4.69) is 5.32 Å². The van der Waals surface area contributed by atoms with Gasteiger partial charge in [-0.15, -0.1) is 0 Å². The van der Waals surface area contributed by atoms with Crippen LogP contribution in [0.15, 0.2) is 83.7 Å². The Hall–Kier alpha value is -3.91. The van der Waals surface area contributed by atoms with Gasteiger partial charge >= 0.3 is 6.18 Å². The Kier molecular flexibility index (Phi) is 6.99. The number of nitrogens with one attached hydrogen (secondary N) is 1. The predicted octanol–water partition coefficient (Wildman–Crippen LogP) is 6.55. The lowest BCUT2D eigenvalue weighted by molar-refractivity contribution is -0.137. The first-order chi connectivity index (χ1) is 17.1. The lowest BCUT2D eigenvalue weighted by atomic mass is 10.0. The van der Waals surface area contributed by atoms with Crippen molar-refractivity contribution in [2.45, 2.75) is 19.6 Å². The summed E-state index contributed by atoms with van der Waals surface area (Å²) in [6.45, 7) is 1.51. The van der Waals surface area contributed by atoms with Crippen LogP contribution >= 0.6 is 11.6 Å². The Balaban J connectivity index is 1.84. The van der Waals surface area contributed by atoms with Crippen LogP contribution in [-0.2, 0) is 12.7 Å². The molecule has 4 aromatic rings. The molecular weight excluding hydrogens is 496 g/mol. The third-order valence-electron chi connectivity index (χ3n) is 5.66. The smallest absolute Gasteiger partial charge is 0.348 e. The number of carbonyl (C=O) groups excluding carboxylic acids is 1. The monoisotopic (exact) mass is 514 g/mol. The molecule has 0 spiro atoms. The normalized spacial score (nSPS) is 11.4. The second-order valence-corrected chi connectivity index (χ2v) is 8.44. The number of aromatic nitrogens is 1. The number of carbonyl (C=O) groups is 1. The first kappa shape index (κ1) is 25.2. The summed E-state index contributed by atoms with van der Waals surface area (Å²) in [5.41, 5.74) is -0.0361. The number of hydrogen-bond donors (Lipinski definition) is 1. The van der Waals surface area contributed by atoms with Crippen molar-refractivity contribution in [1.29, 1.82) is 0 Å². The van der Waals surface area contributed by atoms with Crippen molar-refractivity contribution in [1.82, 2.24) is 9.88 Å². The van der Waals surface area contributed by atoms with Gasteiger partial charge in [0.05, 0.1) is 5.56 Å². The van der Waals surface area contributed by atoms with E-state index in [1.165, 1.54) is 30.3 Å². The van der Waals surface area contributed by atoms with Crippen LogP contribution in [0.4, 0.5) is 17.6 Å². The van der Waals surface area contributed by atoms with Gasteiger partial charge in [0, 0.05) is 28.5 Å². The van der Waals surface area contributed by atoms with Gasteiger partial charge in [-0.3, -0.25) is 14.2 Å². The first-order valence-corrected chi connectivity index (χ1v) is 11.2. The van der Waals surface area contributed by atoms with E-state index in [0.717, 1.165) is 22.8 Å². The van der Waals surface area contributed by atoms with Crippen molar-refractivity contribution >= 4 is 17.5 Å². The number of nitrogens with zero attached hydrogens (tertiary/aromatic N) is 1. The highest BCUT2D eigenvalue weighted by Gasteiger charge is 2.31. The van der Waals surface area contributed by atoms with Crippen molar-refractivity contribution < 1.29 is 22.4 Å². The van der Waals surface area contributed by atoms with Gasteiger partial charge in [-0.1, -0.05) is 54.1 Å². The summed E-state index contributed by atoms with van der Waals surface area (Å²) in [7, 11) is 0. The summed E-state index contributed by atoms with van der Waals surface area (Å²) in [6.07, 6.45) is -4.61. The van der Waals surface area contributed by atoms with Crippen LogP contribution in [0, 0.1) is 12.7 Å². The minimum absolute atomic E-state index is 0.0271. The molecule has 0 aliphatic rings. The molecule has 0 saturated carbocycles. The number of rotatable bonds is 5. The highest BCUT2D eigenvalue weighted by atomic mass is 35.5. The number of benzene rings is 3. The SMILES string of the molecule is Cc1c(-c2ccccc2)cc(C(=O)NCc2ccc(F)cc2Cl)c(=O)n1-c1cccc(C(F)(F)F)c1. The molecule has 1 amide bonds. The number of hydrogen-bond acceptors (Lipinski definition) is 2. The maximum atomic E-state index is 13.4. The Morgan fingerprint density at radius 3 is 2.36 bits per heavy atom. The molecule has 9 heteroatoms. The molecule has 4 rings (SSSR count). The molecule has 0 fully saturated rings. The van der Waals surface area contributed by atoms with Crippen LogP contribution in [-0.4, -0.2) is 10.5 Å². The molecule has 0 saturated heterocycles. The van der Waals surface area contributed by atoms with Crippen LogP contribution in [0.2, 0.25) is 5.02 Å². The van der Waals surface area contributed by atoms with Crippen LogP contribution in [0.25, 0.3) is 16.8 Å². The predicted molar refractivity (Wildman–Crippen MR) is 130 cm³/mol. The molecular formula is C27H19ClF4N2O2. The molecule has 4 nitrogen and oxygen atoms in total. The molecule has 184 valence electrons. The van der Waals surface area contributed by atoms with Gasteiger partial charge in [-0.2, -0.15) is 13.2 Å². The summed E-state index contributed by atoms with van der Waals surface area (Å²) < 4.78 is 54.5. The molecule has 0 aliphatic carbocycles. The Bertz CT molecular complexity index is 1500. The molecule has 1 N–H and O–H groups in total. The summed E-state index contributed by atoms with van der Waals surface area (Å²) in [6, 6.07) is 18.3. The quantitative estimate of drug-likeness (QED) is 0.307. The van der Waals surface area contributed by atoms with Crippen molar-refractivity contribution in [3.05, 3.63) is 122 Å². The van der Waals surface area contributed by atoms with E-state index in [4.69, 9.17) is 11.6 Å². The van der Waals surface area contributed by atoms with E-state index < -0.39 is 29.0 Å². The van der Waals surface area contributed by atoms with Crippen molar-refractivity contribution in [2.75, 3.05) is 0 Å². The van der Waals surface area contributed by atoms with Crippen molar-refractivity contribution in [2.24, 2.45) is 0 Å². The summed E-state index contributed by atoms with van der Waals surface area (Å²) in [4.78, 5) is 26.5. The molecule has 1 aromatic heterocycles. The second kappa shape index (κ2) is 9.99. The standard InChI is InChI=1S/C27H19ClF4N2O2/c1-16-22(17-6-3-2-4-7-17)14-23(25(35)33-15-18-10-11-20(29)13-24(18)28)26(36)34(16)21-9-5-8-19(12-21)27(30,31)32/h2-14H,15H2,1H3,(H,33,35). The average Bonchev–Trinajstić information content (AvgIpc) is 2.84. The lowest BCUT2D eigenvalue weighted by Gasteiger charge is -2.18. The number of halogens is 5. The van der Waals surface area contributed by atoms with Gasteiger partial charge in [-0.25, -0.2) is 4.39 Å². The lowest BCUT2D eigenvalue weighted by Crippen LogP contribution is -2.33. The largest absolute Gasteiger partial charge is 0.416 e. The Morgan fingerprint density at radius 2 is 1.69 bits per heavy atom. The fourth-order valence-electron chi connectivity index (χ4n) is 3.84. The molecule has 0 atom stereocenters. The first-order valence-electron chi connectivity index (χ1n) is 10.8. The zero-order valence-electron chi connectivity index (χ0n) is 18.9. The molecule has 0 radical (unpaired) electrons. The summed E-state index contributed by atoms with van der Waals surface area (Å²) in [5.74, 6) is -1.29. The van der Waals surface area contributed by atoms with Gasteiger partial charge in [0.1, 0.15) is 11.4 Å². The van der Waals surface area contributed by atoms with Crippen molar-refractivity contribution in [3.8, 4) is 16.8 Å². The van der Waals surface area contributed by atoms with Crippen LogP contribution in [0.1, 0.15) is 27.2 Å². The minimum Gasteiger partial charge on any atom is -0.348 e. The Morgan fingerprint density at radius 1 is 0.972 bits per heavy atom. The van der Waals surface area contributed by atoms with E-state index in [-0.39, 0.29) is 22.8 Å². The van der Waals surface area contributed by atoms with E-state index in [1.54, 1.807) is 37.3 Å². The number of amides is 1. The van der Waals surface area contributed by atoms with Gasteiger partial charge in [0.15, 0.2) is 0 Å². The van der Waals surface area contributed by atoms with Crippen LogP contribution < -0.4 is 10.9 Å². The fourth-order valence-corrected chi connectivity index (χ4v) is 4.08. The topological polar surface area (TPSA) is 51.1 Å². The zero-order chi connectivity index (χ0) is 26.0. The fraction of sp³-hybridized carbons (Fsp3) is 0.111. The number of pyridine rings is 1. The molecule has 1 heterocycles. The summed E-state index contributed by atoms with van der Waals surface area (Å²) in [5, 5.41) is 2.69. The van der Waals surface area contributed by atoms with Gasteiger partial charge in [0.2, 0.25) is 0 Å². The minimum atomic E-state index is -4.61. The van der Waals surface area contributed by atoms with Crippen LogP contribution in [0.5, 0.6) is 0 Å². The maximum Gasteiger partial charge on any atom is 0.416 e. The molecule has 0 bridgehead atoms. The highest BCUT2D eigenvalue weighted by Crippen LogP contribution is 2.31. The molecule has 0 aliphatic heterocycles. The van der Waals surface area contributed by atoms with Crippen molar-refractivity contribution in [3.63, 3.8) is 0 Å². The van der Waals surface area contributed by atoms with Gasteiger partial charge < -0.3 is 5.32 Å². The Labute approximate surface area is 208 Å². The average molecular weight is 515 g/mol. The van der Waals surface area contributed by atoms with Gasteiger partial charge in [0.25, 0.3) is 11.5 Å². The van der Waals surface area contributed by atoms with Gasteiger partial charge in [-0.05, 0) is 54.4 Å².